The van der Waals surface area contributed by atoms with Gasteiger partial charge in [0.15, 0.2) is 11.6 Å². The highest BCUT2D eigenvalue weighted by Gasteiger charge is 2.47. The highest BCUT2D eigenvalue weighted by atomic mass is 19.1. The Labute approximate surface area is 195 Å². The van der Waals surface area contributed by atoms with Crippen molar-refractivity contribution < 1.29 is 23.1 Å². The van der Waals surface area contributed by atoms with Crippen LogP contribution in [0.4, 0.5) is 19.3 Å². The highest BCUT2D eigenvalue weighted by Crippen LogP contribution is 2.39. The maximum atomic E-state index is 15.0. The molecule has 1 aliphatic rings. The highest BCUT2D eigenvalue weighted by molar-refractivity contribution is 6.16. The molecule has 3 amide bonds. The van der Waals surface area contributed by atoms with E-state index in [1.165, 1.54) is 25.3 Å². The van der Waals surface area contributed by atoms with E-state index >= 15 is 0 Å². The summed E-state index contributed by atoms with van der Waals surface area (Å²) in [6, 6.07) is 13.4. The van der Waals surface area contributed by atoms with Gasteiger partial charge in [-0.25, -0.2) is 23.5 Å². The number of anilines is 1. The van der Waals surface area contributed by atoms with Crippen molar-refractivity contribution in [1.29, 1.82) is 0 Å². The van der Waals surface area contributed by atoms with Gasteiger partial charge in [-0.1, -0.05) is 30.0 Å². The van der Waals surface area contributed by atoms with Gasteiger partial charge >= 0.3 is 6.03 Å². The van der Waals surface area contributed by atoms with Crippen LogP contribution < -0.4 is 9.64 Å². The molecule has 1 unspecified atom stereocenters. The molecular formula is C26H21F2N3O3. The first-order valence-corrected chi connectivity index (χ1v) is 10.4. The lowest BCUT2D eigenvalue weighted by molar-refractivity contribution is -0.122. The molecule has 0 aliphatic carbocycles. The predicted molar refractivity (Wildman–Crippen MR) is 122 cm³/mol. The number of ether oxygens (including phenoxy) is 1. The summed E-state index contributed by atoms with van der Waals surface area (Å²) in [5, 5.41) is 0. The van der Waals surface area contributed by atoms with Gasteiger partial charge in [-0.05, 0) is 42.8 Å². The molecule has 34 heavy (non-hydrogen) atoms. The van der Waals surface area contributed by atoms with Gasteiger partial charge in [-0.2, -0.15) is 0 Å². The number of pyridine rings is 1. The Morgan fingerprint density at radius 2 is 1.65 bits per heavy atom. The first-order chi connectivity index (χ1) is 16.2. The molecule has 0 N–H and O–H groups in total. The fourth-order valence-electron chi connectivity index (χ4n) is 3.81. The monoisotopic (exact) mass is 461 g/mol. The third-order valence-electron chi connectivity index (χ3n) is 5.90. The summed E-state index contributed by atoms with van der Waals surface area (Å²) in [6.45, 7) is 1.69. The molecule has 0 spiro atoms. The lowest BCUT2D eigenvalue weighted by atomic mass is 9.86. The number of carbonyl (C=O) groups is 2. The van der Waals surface area contributed by atoms with Gasteiger partial charge in [0, 0.05) is 30.4 Å². The van der Waals surface area contributed by atoms with Gasteiger partial charge in [-0.3, -0.25) is 4.79 Å². The average molecular weight is 461 g/mol. The molecule has 1 saturated heterocycles. The van der Waals surface area contributed by atoms with Crippen LogP contribution in [0.1, 0.15) is 30.0 Å². The Morgan fingerprint density at radius 1 is 1.00 bits per heavy atom. The number of hydrogen-bond acceptors (Lipinski definition) is 4. The van der Waals surface area contributed by atoms with Crippen molar-refractivity contribution in [3.05, 3.63) is 89.1 Å². The smallest absolute Gasteiger partial charge is 0.332 e. The zero-order chi connectivity index (χ0) is 24.5. The van der Waals surface area contributed by atoms with Crippen molar-refractivity contribution in [3.8, 4) is 17.7 Å². The number of carbonyl (C=O) groups excluding carboxylic acids is 2. The van der Waals surface area contributed by atoms with Crippen molar-refractivity contribution in [1.82, 2.24) is 9.88 Å². The molecule has 0 saturated carbocycles. The second-order valence-electron chi connectivity index (χ2n) is 8.02. The van der Waals surface area contributed by atoms with E-state index in [2.05, 4.69) is 16.8 Å². The van der Waals surface area contributed by atoms with Gasteiger partial charge in [0.25, 0.3) is 0 Å². The Kier molecular flexibility index (Phi) is 6.03. The number of aromatic nitrogens is 1. The third kappa shape index (κ3) is 4.08. The minimum Gasteiger partial charge on any atom is -0.481 e. The van der Waals surface area contributed by atoms with Crippen LogP contribution in [0, 0.1) is 23.5 Å². The molecule has 1 aromatic heterocycles. The van der Waals surface area contributed by atoms with Crippen LogP contribution in [0.2, 0.25) is 0 Å². The Hall–Kier alpha value is -4.25. The minimum atomic E-state index is -1.06. The van der Waals surface area contributed by atoms with E-state index in [-0.39, 0.29) is 12.0 Å². The quantitative estimate of drug-likeness (QED) is 0.540. The van der Waals surface area contributed by atoms with Crippen molar-refractivity contribution in [2.75, 3.05) is 19.1 Å². The normalized spacial score (nSPS) is 17.9. The van der Waals surface area contributed by atoms with E-state index in [9.17, 15) is 18.4 Å². The third-order valence-corrected chi connectivity index (χ3v) is 5.90. The van der Waals surface area contributed by atoms with Gasteiger partial charge < -0.3 is 9.64 Å². The summed E-state index contributed by atoms with van der Waals surface area (Å²) < 4.78 is 35.0. The average Bonchev–Trinajstić information content (AvgIpc) is 2.83. The maximum Gasteiger partial charge on any atom is 0.332 e. The van der Waals surface area contributed by atoms with Crippen molar-refractivity contribution in [3.63, 3.8) is 0 Å². The van der Waals surface area contributed by atoms with Crippen LogP contribution in [0.5, 0.6) is 5.88 Å². The summed E-state index contributed by atoms with van der Waals surface area (Å²) in [5.41, 5.74) is -0.422. The number of urea groups is 1. The van der Waals surface area contributed by atoms with Crippen LogP contribution >= 0.6 is 0 Å². The number of hydrogen-bond donors (Lipinski definition) is 0. The SMILES string of the molecule is COc1ccc(C2(C)CC(=O)N(c3c(F)cc(C#Cc4ccccc4)cc3F)C(=O)N2C)cn1. The van der Waals surface area contributed by atoms with Crippen LogP contribution in [-0.2, 0) is 10.3 Å². The number of benzene rings is 2. The van der Waals surface area contributed by atoms with E-state index in [1.807, 2.05) is 6.07 Å². The van der Waals surface area contributed by atoms with E-state index in [4.69, 9.17) is 4.74 Å². The van der Waals surface area contributed by atoms with Crippen LogP contribution in [0.3, 0.4) is 0 Å². The predicted octanol–water partition coefficient (Wildman–Crippen LogP) is 4.47. The molecule has 2 aromatic carbocycles. The second kappa shape index (κ2) is 8.94. The van der Waals surface area contributed by atoms with Gasteiger partial charge in [0.1, 0.15) is 5.69 Å². The number of amides is 3. The summed E-state index contributed by atoms with van der Waals surface area (Å²) in [4.78, 5) is 32.2. The fraction of sp³-hybridized carbons (Fsp3) is 0.192. The van der Waals surface area contributed by atoms with E-state index < -0.39 is 34.8 Å². The zero-order valence-corrected chi connectivity index (χ0v) is 18.8. The van der Waals surface area contributed by atoms with Gasteiger partial charge in [-0.15, -0.1) is 0 Å². The lowest BCUT2D eigenvalue weighted by Gasteiger charge is -2.45. The molecule has 0 bridgehead atoms. The first kappa shape index (κ1) is 22.9. The molecule has 2 heterocycles. The Balaban J connectivity index is 1.66. The first-order valence-electron chi connectivity index (χ1n) is 10.4. The molecule has 1 atom stereocenters. The fourth-order valence-corrected chi connectivity index (χ4v) is 3.81. The zero-order valence-electron chi connectivity index (χ0n) is 18.8. The summed E-state index contributed by atoms with van der Waals surface area (Å²) in [7, 11) is 2.95. The van der Waals surface area contributed by atoms with Gasteiger partial charge in [0.2, 0.25) is 11.8 Å². The summed E-state index contributed by atoms with van der Waals surface area (Å²) >= 11 is 0. The van der Waals surface area contributed by atoms with Crippen LogP contribution in [-0.4, -0.2) is 36.0 Å². The Morgan fingerprint density at radius 3 is 2.24 bits per heavy atom. The molecule has 4 rings (SSSR count). The molecular weight excluding hydrogens is 440 g/mol. The molecule has 8 heteroatoms. The second-order valence-corrected chi connectivity index (χ2v) is 8.02. The molecule has 6 nitrogen and oxygen atoms in total. The molecule has 0 radical (unpaired) electrons. The Bertz CT molecular complexity index is 1290. The molecule has 1 fully saturated rings. The number of imide groups is 1. The molecule has 1 aliphatic heterocycles. The summed E-state index contributed by atoms with van der Waals surface area (Å²) in [6.07, 6.45) is 1.31. The number of nitrogens with zero attached hydrogens (tertiary/aromatic N) is 3. The number of halogens is 2. The van der Waals surface area contributed by atoms with Crippen molar-refractivity contribution >= 4 is 17.6 Å². The van der Waals surface area contributed by atoms with E-state index in [0.717, 1.165) is 12.1 Å². The van der Waals surface area contributed by atoms with E-state index in [0.29, 0.717) is 21.9 Å². The van der Waals surface area contributed by atoms with E-state index in [1.54, 1.807) is 43.3 Å². The molecule has 172 valence electrons. The van der Waals surface area contributed by atoms with Crippen LogP contribution in [0.25, 0.3) is 0 Å². The van der Waals surface area contributed by atoms with Crippen molar-refractivity contribution in [2.24, 2.45) is 0 Å². The minimum absolute atomic E-state index is 0.0852. The lowest BCUT2D eigenvalue weighted by Crippen LogP contribution is -2.60. The van der Waals surface area contributed by atoms with Crippen molar-refractivity contribution in [2.45, 2.75) is 18.9 Å². The number of methoxy groups -OCH3 is 1. The largest absolute Gasteiger partial charge is 0.481 e. The molecule has 3 aromatic rings. The van der Waals surface area contributed by atoms with Gasteiger partial charge in [0.05, 0.1) is 19.1 Å². The van der Waals surface area contributed by atoms with Crippen LogP contribution in [0.15, 0.2) is 60.8 Å². The maximum absolute atomic E-state index is 15.0. The summed E-state index contributed by atoms with van der Waals surface area (Å²) in [5.74, 6) is 3.06. The number of rotatable bonds is 3. The topological polar surface area (TPSA) is 62.7 Å². The standard InChI is InChI=1S/C26H21F2N3O3/c1-26(19-11-12-22(34-3)29-16-19)15-23(32)31(25(33)30(26)2)24-20(27)13-18(14-21(24)28)10-9-17-7-5-4-6-8-17/h4-8,11-14,16H,15H2,1-3H3.